The van der Waals surface area contributed by atoms with Crippen LogP contribution < -0.4 is 0 Å². The van der Waals surface area contributed by atoms with Gasteiger partial charge in [-0.15, -0.1) is 0 Å². The highest BCUT2D eigenvalue weighted by molar-refractivity contribution is 5.73. The first-order chi connectivity index (χ1) is 6.54. The van der Waals surface area contributed by atoms with Crippen LogP contribution in [0.4, 0.5) is 13.2 Å². The Morgan fingerprint density at radius 3 is 2.64 bits per heavy atom. The molecule has 1 rings (SSSR count). The van der Waals surface area contributed by atoms with Crippen LogP contribution in [0, 0.1) is 11.8 Å². The van der Waals surface area contributed by atoms with Crippen molar-refractivity contribution in [1.82, 2.24) is 4.98 Å². The number of carbonyl (C=O) groups excluding carboxylic acids is 1. The van der Waals surface area contributed by atoms with Crippen LogP contribution in [0.1, 0.15) is 11.1 Å². The summed E-state index contributed by atoms with van der Waals surface area (Å²) in [5, 5.41) is 0. The minimum absolute atomic E-state index is 0.0620. The Morgan fingerprint density at radius 2 is 2.07 bits per heavy atom. The third-order valence-corrected chi connectivity index (χ3v) is 1.34. The van der Waals surface area contributed by atoms with E-state index in [-0.39, 0.29) is 5.56 Å². The Hall–Kier alpha value is -1.83. The molecule has 0 bridgehead atoms. The summed E-state index contributed by atoms with van der Waals surface area (Å²) in [5.74, 6) is 4.23. The molecule has 0 atom stereocenters. The third-order valence-electron chi connectivity index (χ3n) is 1.34. The van der Waals surface area contributed by atoms with Crippen molar-refractivity contribution in [2.24, 2.45) is 0 Å². The van der Waals surface area contributed by atoms with E-state index in [0.29, 0.717) is 12.5 Å². The first-order valence-corrected chi connectivity index (χ1v) is 3.51. The van der Waals surface area contributed by atoms with Crippen LogP contribution in [0.2, 0.25) is 0 Å². The lowest BCUT2D eigenvalue weighted by Crippen LogP contribution is -2.05. The van der Waals surface area contributed by atoms with Crippen LogP contribution in [0.25, 0.3) is 0 Å². The molecule has 0 aromatic carbocycles. The molecule has 2 nitrogen and oxygen atoms in total. The topological polar surface area (TPSA) is 30.0 Å². The first kappa shape index (κ1) is 10.3. The van der Waals surface area contributed by atoms with Crippen LogP contribution in [-0.4, -0.2) is 11.3 Å². The molecule has 0 aliphatic heterocycles. The number of rotatable bonds is 0. The number of hydrogen-bond donors (Lipinski definition) is 0. The average Bonchev–Trinajstić information content (AvgIpc) is 2.14. The van der Waals surface area contributed by atoms with Gasteiger partial charge in [-0.2, -0.15) is 13.2 Å². The van der Waals surface area contributed by atoms with E-state index in [1.54, 1.807) is 0 Å². The van der Waals surface area contributed by atoms with E-state index in [4.69, 9.17) is 0 Å². The molecule has 0 fully saturated rings. The normalized spacial score (nSPS) is 10.2. The number of aldehydes is 1. The predicted octanol–water partition coefficient (Wildman–Crippen LogP) is 1.65. The SMILES string of the molecule is O=CC#Cc1cncc(C(F)(F)F)c1. The standard InChI is InChI=1S/C9H4F3NO/c10-9(11,12)8-4-7(2-1-3-14)5-13-6-8/h3-6H. The molecule has 0 saturated carbocycles. The maximum absolute atomic E-state index is 12.1. The van der Waals surface area contributed by atoms with Crippen molar-refractivity contribution in [3.63, 3.8) is 0 Å². The van der Waals surface area contributed by atoms with E-state index in [2.05, 4.69) is 10.9 Å². The largest absolute Gasteiger partial charge is 0.417 e. The molecule has 5 heteroatoms. The molecule has 0 aliphatic carbocycles. The van der Waals surface area contributed by atoms with Gasteiger partial charge in [-0.05, 0) is 12.0 Å². The van der Waals surface area contributed by atoms with Gasteiger partial charge in [0.25, 0.3) is 0 Å². The minimum atomic E-state index is -4.44. The zero-order chi connectivity index (χ0) is 10.6. The molecule has 0 N–H and O–H groups in total. The van der Waals surface area contributed by atoms with Crippen molar-refractivity contribution < 1.29 is 18.0 Å². The molecule has 14 heavy (non-hydrogen) atoms. The van der Waals surface area contributed by atoms with Crippen LogP contribution >= 0.6 is 0 Å². The van der Waals surface area contributed by atoms with E-state index in [9.17, 15) is 18.0 Å². The summed E-state index contributed by atoms with van der Waals surface area (Å²) < 4.78 is 36.4. The molecular weight excluding hydrogens is 195 g/mol. The molecule has 0 saturated heterocycles. The number of aromatic nitrogens is 1. The van der Waals surface area contributed by atoms with Gasteiger partial charge in [-0.25, -0.2) is 0 Å². The highest BCUT2D eigenvalue weighted by atomic mass is 19.4. The second-order valence-electron chi connectivity index (χ2n) is 2.35. The van der Waals surface area contributed by atoms with Gasteiger partial charge in [0.2, 0.25) is 0 Å². The zero-order valence-electron chi connectivity index (χ0n) is 6.80. The fourth-order valence-corrected chi connectivity index (χ4v) is 0.776. The predicted molar refractivity (Wildman–Crippen MR) is 42.2 cm³/mol. The molecule has 0 amide bonds. The second-order valence-corrected chi connectivity index (χ2v) is 2.35. The van der Waals surface area contributed by atoms with Crippen molar-refractivity contribution in [3.8, 4) is 11.8 Å². The number of alkyl halides is 3. The lowest BCUT2D eigenvalue weighted by Gasteiger charge is -2.04. The number of hydrogen-bond acceptors (Lipinski definition) is 2. The molecule has 1 heterocycles. The summed E-state index contributed by atoms with van der Waals surface area (Å²) in [4.78, 5) is 13.2. The van der Waals surface area contributed by atoms with Gasteiger partial charge in [-0.1, -0.05) is 5.92 Å². The Bertz CT molecular complexity index is 400. The fourth-order valence-electron chi connectivity index (χ4n) is 0.776. The minimum Gasteiger partial charge on any atom is -0.289 e. The fraction of sp³-hybridized carbons (Fsp3) is 0.111. The smallest absolute Gasteiger partial charge is 0.289 e. The van der Waals surface area contributed by atoms with E-state index >= 15 is 0 Å². The highest BCUT2D eigenvalue weighted by Crippen LogP contribution is 2.28. The number of nitrogens with zero attached hydrogens (tertiary/aromatic N) is 1. The lowest BCUT2D eigenvalue weighted by molar-refractivity contribution is -0.137. The van der Waals surface area contributed by atoms with Gasteiger partial charge in [0.15, 0.2) is 6.29 Å². The average molecular weight is 199 g/mol. The molecule has 72 valence electrons. The number of carbonyl (C=O) groups is 1. The summed E-state index contributed by atoms with van der Waals surface area (Å²) >= 11 is 0. The van der Waals surface area contributed by atoms with Crippen molar-refractivity contribution in [2.45, 2.75) is 6.18 Å². The van der Waals surface area contributed by atoms with Crippen LogP contribution in [0.3, 0.4) is 0 Å². The van der Waals surface area contributed by atoms with Crippen molar-refractivity contribution in [1.29, 1.82) is 0 Å². The summed E-state index contributed by atoms with van der Waals surface area (Å²) in [7, 11) is 0. The van der Waals surface area contributed by atoms with Crippen LogP contribution in [0.5, 0.6) is 0 Å². The Labute approximate surface area is 77.8 Å². The lowest BCUT2D eigenvalue weighted by atomic mass is 10.2. The first-order valence-electron chi connectivity index (χ1n) is 3.51. The number of pyridine rings is 1. The zero-order valence-corrected chi connectivity index (χ0v) is 6.80. The maximum atomic E-state index is 12.1. The van der Waals surface area contributed by atoms with Crippen molar-refractivity contribution in [3.05, 3.63) is 29.6 Å². The molecule has 0 aliphatic rings. The van der Waals surface area contributed by atoms with E-state index < -0.39 is 11.7 Å². The molecule has 1 aromatic rings. The summed E-state index contributed by atoms with van der Waals surface area (Å²) in [6.07, 6.45) is -2.27. The summed E-state index contributed by atoms with van der Waals surface area (Å²) in [5.41, 5.74) is -0.817. The van der Waals surface area contributed by atoms with Crippen LogP contribution in [0.15, 0.2) is 18.5 Å². The van der Waals surface area contributed by atoms with Crippen LogP contribution in [-0.2, 0) is 11.0 Å². The molecule has 0 unspecified atom stereocenters. The third kappa shape index (κ3) is 2.59. The van der Waals surface area contributed by atoms with Gasteiger partial charge in [-0.3, -0.25) is 9.78 Å². The van der Waals surface area contributed by atoms with Gasteiger partial charge >= 0.3 is 6.18 Å². The quantitative estimate of drug-likeness (QED) is 0.469. The Morgan fingerprint density at radius 1 is 1.36 bits per heavy atom. The van der Waals surface area contributed by atoms with E-state index in [1.165, 1.54) is 0 Å². The van der Waals surface area contributed by atoms with Gasteiger partial charge in [0.1, 0.15) is 0 Å². The highest BCUT2D eigenvalue weighted by Gasteiger charge is 2.30. The van der Waals surface area contributed by atoms with E-state index in [0.717, 1.165) is 12.3 Å². The maximum Gasteiger partial charge on any atom is 0.417 e. The van der Waals surface area contributed by atoms with E-state index in [1.807, 2.05) is 5.92 Å². The van der Waals surface area contributed by atoms with Gasteiger partial charge < -0.3 is 0 Å². The number of halogens is 3. The second kappa shape index (κ2) is 3.92. The summed E-state index contributed by atoms with van der Waals surface area (Å²) in [6.45, 7) is 0. The molecule has 0 spiro atoms. The molecule has 1 aromatic heterocycles. The molecule has 0 radical (unpaired) electrons. The van der Waals surface area contributed by atoms with Gasteiger partial charge in [0.05, 0.1) is 5.56 Å². The van der Waals surface area contributed by atoms with Crippen molar-refractivity contribution >= 4 is 6.29 Å². The Kier molecular flexibility index (Phi) is 2.87. The monoisotopic (exact) mass is 199 g/mol. The summed E-state index contributed by atoms with van der Waals surface area (Å²) in [6, 6.07) is 0.837. The van der Waals surface area contributed by atoms with Gasteiger partial charge in [0, 0.05) is 18.0 Å². The van der Waals surface area contributed by atoms with Crippen molar-refractivity contribution in [2.75, 3.05) is 0 Å². The Balaban J connectivity index is 3.07. The molecular formula is C9H4F3NO.